The highest BCUT2D eigenvalue weighted by Crippen LogP contribution is 2.27. The molecule has 0 aliphatic heterocycles. The van der Waals surface area contributed by atoms with Crippen molar-refractivity contribution in [2.24, 2.45) is 0 Å². The van der Waals surface area contributed by atoms with Crippen LogP contribution < -0.4 is 0 Å². The molecule has 0 aliphatic rings. The third-order valence-corrected chi connectivity index (χ3v) is 3.44. The molecule has 1 aromatic carbocycles. The lowest BCUT2D eigenvalue weighted by Gasteiger charge is -2.12. The first-order valence-corrected chi connectivity index (χ1v) is 7.56. The highest BCUT2D eigenvalue weighted by atomic mass is 16.3. The Morgan fingerprint density at radius 3 is 1.78 bits per heavy atom. The predicted octanol–water partition coefficient (Wildman–Crippen LogP) is 5.03. The van der Waals surface area contributed by atoms with Gasteiger partial charge in [-0.15, -0.1) is 0 Å². The Morgan fingerprint density at radius 1 is 0.778 bits per heavy atom. The standard InChI is InChI=1S/C17H28O/c1-4-7-8-11-14-12-15(9-5-2)17(18)16(13-14)10-6-3/h12-13,18H,4-11H2,1-3H3. The van der Waals surface area contributed by atoms with Crippen molar-refractivity contribution >= 4 is 0 Å². The van der Waals surface area contributed by atoms with Gasteiger partial charge in [-0.3, -0.25) is 0 Å². The van der Waals surface area contributed by atoms with E-state index in [1.807, 2.05) is 0 Å². The Morgan fingerprint density at radius 2 is 1.33 bits per heavy atom. The van der Waals surface area contributed by atoms with Gasteiger partial charge in [-0.25, -0.2) is 0 Å². The van der Waals surface area contributed by atoms with Crippen molar-refractivity contribution in [3.63, 3.8) is 0 Å². The lowest BCUT2D eigenvalue weighted by molar-refractivity contribution is 0.459. The SMILES string of the molecule is CCCCCc1cc(CCC)c(O)c(CCC)c1. The number of unbranched alkanes of at least 4 members (excludes halogenated alkanes) is 2. The Kier molecular flexibility index (Phi) is 6.85. The lowest BCUT2D eigenvalue weighted by atomic mass is 9.96. The van der Waals surface area contributed by atoms with Gasteiger partial charge in [0.05, 0.1) is 0 Å². The molecule has 1 rings (SSSR count). The van der Waals surface area contributed by atoms with Gasteiger partial charge in [0.15, 0.2) is 0 Å². The lowest BCUT2D eigenvalue weighted by Crippen LogP contribution is -1.96. The minimum atomic E-state index is 0.554. The van der Waals surface area contributed by atoms with Crippen molar-refractivity contribution in [3.05, 3.63) is 28.8 Å². The molecule has 1 nitrogen and oxygen atoms in total. The molecule has 1 N–H and O–H groups in total. The van der Waals surface area contributed by atoms with E-state index in [1.165, 1.54) is 24.8 Å². The molecule has 1 aromatic rings. The summed E-state index contributed by atoms with van der Waals surface area (Å²) >= 11 is 0. The van der Waals surface area contributed by atoms with Crippen LogP contribution in [0.1, 0.15) is 69.6 Å². The number of phenolic OH excluding ortho intramolecular Hbond substituents is 1. The smallest absolute Gasteiger partial charge is 0.121 e. The summed E-state index contributed by atoms with van der Waals surface area (Å²) in [6.07, 6.45) is 9.15. The van der Waals surface area contributed by atoms with Crippen LogP contribution in [0, 0.1) is 0 Å². The highest BCUT2D eigenvalue weighted by Gasteiger charge is 2.09. The summed E-state index contributed by atoms with van der Waals surface area (Å²) in [4.78, 5) is 0. The second-order valence-electron chi connectivity index (χ2n) is 5.22. The summed E-state index contributed by atoms with van der Waals surface area (Å²) in [6.45, 7) is 6.58. The van der Waals surface area contributed by atoms with Gasteiger partial charge < -0.3 is 5.11 Å². The largest absolute Gasteiger partial charge is 0.507 e. The van der Waals surface area contributed by atoms with Crippen LogP contribution in [0.3, 0.4) is 0 Å². The normalized spacial score (nSPS) is 10.8. The minimum Gasteiger partial charge on any atom is -0.507 e. The van der Waals surface area contributed by atoms with E-state index in [2.05, 4.69) is 32.9 Å². The summed E-state index contributed by atoms with van der Waals surface area (Å²) in [5.41, 5.74) is 3.71. The number of benzene rings is 1. The van der Waals surface area contributed by atoms with Crippen LogP contribution in [0.25, 0.3) is 0 Å². The first-order chi connectivity index (χ1) is 8.72. The van der Waals surface area contributed by atoms with Crippen LogP contribution >= 0.6 is 0 Å². The van der Waals surface area contributed by atoms with Crippen molar-refractivity contribution in [2.75, 3.05) is 0 Å². The van der Waals surface area contributed by atoms with Crippen LogP contribution in [0.5, 0.6) is 5.75 Å². The molecule has 0 amide bonds. The number of aromatic hydroxyl groups is 1. The molecule has 0 spiro atoms. The molecule has 0 atom stereocenters. The molecule has 0 aromatic heterocycles. The van der Waals surface area contributed by atoms with E-state index < -0.39 is 0 Å². The van der Waals surface area contributed by atoms with Crippen LogP contribution in [0.15, 0.2) is 12.1 Å². The molecule has 0 bridgehead atoms. The summed E-state index contributed by atoms with van der Waals surface area (Å²) in [6, 6.07) is 4.43. The first kappa shape index (κ1) is 15.1. The van der Waals surface area contributed by atoms with Crippen molar-refractivity contribution in [2.45, 2.75) is 72.1 Å². The number of hydrogen-bond donors (Lipinski definition) is 1. The molecule has 0 unspecified atom stereocenters. The van der Waals surface area contributed by atoms with Crippen LogP contribution in [-0.4, -0.2) is 5.11 Å². The first-order valence-electron chi connectivity index (χ1n) is 7.56. The zero-order valence-corrected chi connectivity index (χ0v) is 12.3. The van der Waals surface area contributed by atoms with Crippen molar-refractivity contribution in [1.82, 2.24) is 0 Å². The van der Waals surface area contributed by atoms with Crippen molar-refractivity contribution in [1.29, 1.82) is 0 Å². The number of rotatable bonds is 8. The van der Waals surface area contributed by atoms with Gasteiger partial charge in [-0.2, -0.15) is 0 Å². The van der Waals surface area contributed by atoms with Gasteiger partial charge in [-0.1, -0.05) is 58.6 Å². The van der Waals surface area contributed by atoms with Gasteiger partial charge in [0.2, 0.25) is 0 Å². The van der Waals surface area contributed by atoms with Gasteiger partial charge in [-0.05, 0) is 42.4 Å². The Hall–Kier alpha value is -0.980. The zero-order chi connectivity index (χ0) is 13.4. The summed E-state index contributed by atoms with van der Waals surface area (Å²) < 4.78 is 0. The predicted molar refractivity (Wildman–Crippen MR) is 79.3 cm³/mol. The molecule has 102 valence electrons. The maximum Gasteiger partial charge on any atom is 0.121 e. The fourth-order valence-corrected chi connectivity index (χ4v) is 2.48. The van der Waals surface area contributed by atoms with E-state index in [4.69, 9.17) is 0 Å². The molecule has 18 heavy (non-hydrogen) atoms. The van der Waals surface area contributed by atoms with E-state index in [0.29, 0.717) is 5.75 Å². The van der Waals surface area contributed by atoms with Crippen LogP contribution in [0.4, 0.5) is 0 Å². The molecular formula is C17H28O. The van der Waals surface area contributed by atoms with E-state index in [-0.39, 0.29) is 0 Å². The topological polar surface area (TPSA) is 20.2 Å². The molecule has 0 heterocycles. The number of phenols is 1. The minimum absolute atomic E-state index is 0.554. The van der Waals surface area contributed by atoms with Gasteiger partial charge >= 0.3 is 0 Å². The molecular weight excluding hydrogens is 220 g/mol. The van der Waals surface area contributed by atoms with E-state index in [1.54, 1.807) is 0 Å². The summed E-state index contributed by atoms with van der Waals surface area (Å²) in [7, 11) is 0. The average Bonchev–Trinajstić information content (AvgIpc) is 2.35. The van der Waals surface area contributed by atoms with Crippen molar-refractivity contribution < 1.29 is 5.11 Å². The second-order valence-corrected chi connectivity index (χ2v) is 5.22. The maximum atomic E-state index is 10.2. The van der Waals surface area contributed by atoms with E-state index in [9.17, 15) is 5.11 Å². The number of hydrogen-bond acceptors (Lipinski definition) is 1. The number of aryl methyl sites for hydroxylation is 3. The summed E-state index contributed by atoms with van der Waals surface area (Å²) in [5.74, 6) is 0.554. The Bertz CT molecular complexity index is 328. The molecule has 1 heteroatoms. The van der Waals surface area contributed by atoms with Crippen molar-refractivity contribution in [3.8, 4) is 5.75 Å². The maximum absolute atomic E-state index is 10.2. The average molecular weight is 248 g/mol. The quantitative estimate of drug-likeness (QED) is 0.640. The van der Waals surface area contributed by atoms with E-state index >= 15 is 0 Å². The monoisotopic (exact) mass is 248 g/mol. The molecule has 0 fully saturated rings. The van der Waals surface area contributed by atoms with Gasteiger partial charge in [0.1, 0.15) is 5.75 Å². The fraction of sp³-hybridized carbons (Fsp3) is 0.647. The molecule has 0 saturated carbocycles. The van der Waals surface area contributed by atoms with Crippen LogP contribution in [-0.2, 0) is 19.3 Å². The Balaban J connectivity index is 2.88. The van der Waals surface area contributed by atoms with Gasteiger partial charge in [0, 0.05) is 0 Å². The second kappa shape index (κ2) is 8.18. The third-order valence-electron chi connectivity index (χ3n) is 3.44. The summed E-state index contributed by atoms with van der Waals surface area (Å²) in [5, 5.41) is 10.2. The zero-order valence-electron chi connectivity index (χ0n) is 12.3. The van der Waals surface area contributed by atoms with E-state index in [0.717, 1.165) is 43.2 Å². The fourth-order valence-electron chi connectivity index (χ4n) is 2.48. The third kappa shape index (κ3) is 4.36. The van der Waals surface area contributed by atoms with Crippen LogP contribution in [0.2, 0.25) is 0 Å². The molecule has 0 radical (unpaired) electrons. The van der Waals surface area contributed by atoms with Gasteiger partial charge in [0.25, 0.3) is 0 Å². The molecule has 0 aliphatic carbocycles. The Labute approximate surface area is 112 Å². The molecule has 0 saturated heterocycles. The highest BCUT2D eigenvalue weighted by molar-refractivity contribution is 5.44.